The van der Waals surface area contributed by atoms with Gasteiger partial charge in [-0.1, -0.05) is 20.8 Å². The number of nitrogens with one attached hydrogen (secondary N) is 1. The number of halogens is 1. The summed E-state index contributed by atoms with van der Waals surface area (Å²) in [7, 11) is 0. The fourth-order valence-electron chi connectivity index (χ4n) is 3.04. The molecule has 114 valence electrons. The lowest BCUT2D eigenvalue weighted by molar-refractivity contribution is 0.0841. The van der Waals surface area contributed by atoms with Gasteiger partial charge in [-0.3, -0.25) is 4.90 Å². The van der Waals surface area contributed by atoms with E-state index in [4.69, 9.17) is 0 Å². The van der Waals surface area contributed by atoms with Crippen molar-refractivity contribution in [3.05, 3.63) is 27.7 Å². The van der Waals surface area contributed by atoms with Gasteiger partial charge in [0.1, 0.15) is 5.75 Å². The van der Waals surface area contributed by atoms with Gasteiger partial charge in [-0.2, -0.15) is 5.26 Å². The Balaban J connectivity index is 2.51. The lowest BCUT2D eigenvalue weighted by atomic mass is 9.80. The molecule has 0 amide bonds. The van der Waals surface area contributed by atoms with Crippen molar-refractivity contribution in [2.45, 2.75) is 26.8 Å². The number of phenolic OH excluding ortho intramolecular Hbond substituents is 1. The second-order valence-electron chi connectivity index (χ2n) is 6.56. The lowest BCUT2D eigenvalue weighted by Crippen LogP contribution is -2.48. The van der Waals surface area contributed by atoms with E-state index < -0.39 is 0 Å². The third-order valence-electron chi connectivity index (χ3n) is 3.85. The molecule has 0 aromatic heterocycles. The van der Waals surface area contributed by atoms with Gasteiger partial charge in [-0.25, -0.2) is 0 Å². The van der Waals surface area contributed by atoms with E-state index >= 15 is 0 Å². The molecule has 1 aliphatic heterocycles. The van der Waals surface area contributed by atoms with Gasteiger partial charge in [-0.15, -0.1) is 0 Å². The molecule has 0 unspecified atom stereocenters. The molecule has 1 aliphatic rings. The predicted molar refractivity (Wildman–Crippen MR) is 87.2 cm³/mol. The minimum atomic E-state index is -0.0393. The first-order valence-corrected chi connectivity index (χ1v) is 8.01. The second kappa shape index (κ2) is 6.35. The Labute approximate surface area is 134 Å². The van der Waals surface area contributed by atoms with Gasteiger partial charge in [-0.05, 0) is 33.5 Å². The molecule has 0 spiro atoms. The Morgan fingerprint density at radius 1 is 1.33 bits per heavy atom. The maximum absolute atomic E-state index is 10.5. The summed E-state index contributed by atoms with van der Waals surface area (Å²) in [6, 6.07) is 5.73. The van der Waals surface area contributed by atoms with E-state index in [0.717, 1.165) is 31.7 Å². The van der Waals surface area contributed by atoms with Crippen molar-refractivity contribution in [2.24, 2.45) is 5.41 Å². The fourth-order valence-corrected chi connectivity index (χ4v) is 3.52. The first kappa shape index (κ1) is 16.3. The van der Waals surface area contributed by atoms with Crippen LogP contribution in [-0.2, 0) is 0 Å². The number of phenols is 1. The van der Waals surface area contributed by atoms with Gasteiger partial charge in [0.2, 0.25) is 0 Å². The number of nitrogens with zero attached hydrogens (tertiary/aromatic N) is 2. The molecule has 2 N–H and O–H groups in total. The van der Waals surface area contributed by atoms with Crippen molar-refractivity contribution >= 4 is 15.9 Å². The zero-order chi connectivity index (χ0) is 15.6. The van der Waals surface area contributed by atoms with Crippen molar-refractivity contribution < 1.29 is 5.11 Å². The number of piperazine rings is 1. The number of benzene rings is 1. The molecule has 1 aromatic rings. The minimum Gasteiger partial charge on any atom is -0.506 e. The van der Waals surface area contributed by atoms with Gasteiger partial charge in [0.25, 0.3) is 0 Å². The topological polar surface area (TPSA) is 59.3 Å². The summed E-state index contributed by atoms with van der Waals surface area (Å²) < 4.78 is 0.584. The molecule has 1 heterocycles. The van der Waals surface area contributed by atoms with Crippen molar-refractivity contribution in [1.29, 1.82) is 5.26 Å². The number of rotatable bonds is 2. The SMILES string of the molecule is CC(C)(C)[C@@H](c1cc(C#N)cc(Br)c1O)N1CCNCC1. The highest BCUT2D eigenvalue weighted by atomic mass is 79.9. The van der Waals surface area contributed by atoms with Crippen LogP contribution in [0.2, 0.25) is 0 Å². The van der Waals surface area contributed by atoms with E-state index in [-0.39, 0.29) is 17.2 Å². The summed E-state index contributed by atoms with van der Waals surface area (Å²) in [5, 5.41) is 23.0. The second-order valence-corrected chi connectivity index (χ2v) is 7.42. The van der Waals surface area contributed by atoms with Crippen molar-refractivity contribution in [3.8, 4) is 11.8 Å². The monoisotopic (exact) mass is 351 g/mol. The molecular formula is C16H22BrN3O. The molecule has 2 rings (SSSR count). The number of aromatic hydroxyl groups is 1. The first-order chi connectivity index (χ1) is 9.84. The Morgan fingerprint density at radius 3 is 2.48 bits per heavy atom. The zero-order valence-electron chi connectivity index (χ0n) is 12.8. The Morgan fingerprint density at radius 2 is 1.95 bits per heavy atom. The summed E-state index contributed by atoms with van der Waals surface area (Å²) in [5.41, 5.74) is 1.36. The Kier molecular flexibility index (Phi) is 4.92. The highest BCUT2D eigenvalue weighted by Gasteiger charge is 2.35. The van der Waals surface area contributed by atoms with Crippen LogP contribution in [0.25, 0.3) is 0 Å². The molecule has 4 nitrogen and oxygen atoms in total. The molecule has 1 atom stereocenters. The standard InChI is InChI=1S/C16H22BrN3O/c1-16(2,3)15(20-6-4-19-5-7-20)12-8-11(10-18)9-13(17)14(12)21/h8-9,15,19,21H,4-7H2,1-3H3/t15-/m1/s1. The molecule has 0 aliphatic carbocycles. The van der Waals surface area contributed by atoms with E-state index in [9.17, 15) is 10.4 Å². The van der Waals surface area contributed by atoms with Gasteiger partial charge in [0.05, 0.1) is 16.1 Å². The Hall–Kier alpha value is -1.09. The molecule has 0 saturated carbocycles. The van der Waals surface area contributed by atoms with Crippen molar-refractivity contribution in [2.75, 3.05) is 26.2 Å². The fraction of sp³-hybridized carbons (Fsp3) is 0.562. The normalized spacial score (nSPS) is 18.2. The van der Waals surface area contributed by atoms with Gasteiger partial charge < -0.3 is 10.4 Å². The number of hydrogen-bond donors (Lipinski definition) is 2. The van der Waals surface area contributed by atoms with Crippen molar-refractivity contribution in [3.63, 3.8) is 0 Å². The van der Waals surface area contributed by atoms with Crippen molar-refractivity contribution in [1.82, 2.24) is 10.2 Å². The molecule has 0 bridgehead atoms. The van der Waals surface area contributed by atoms with E-state index in [1.807, 2.05) is 6.07 Å². The van der Waals surface area contributed by atoms with Crippen LogP contribution in [0.3, 0.4) is 0 Å². The van der Waals surface area contributed by atoms with Crippen LogP contribution >= 0.6 is 15.9 Å². The quantitative estimate of drug-likeness (QED) is 0.859. The number of nitriles is 1. The van der Waals surface area contributed by atoms with Crippen LogP contribution in [0.5, 0.6) is 5.75 Å². The summed E-state index contributed by atoms with van der Waals surface area (Å²) in [5.74, 6) is 0.243. The molecule has 5 heteroatoms. The highest BCUT2D eigenvalue weighted by Crippen LogP contribution is 2.44. The zero-order valence-corrected chi connectivity index (χ0v) is 14.4. The molecule has 1 saturated heterocycles. The smallest absolute Gasteiger partial charge is 0.134 e. The van der Waals surface area contributed by atoms with Crippen LogP contribution < -0.4 is 5.32 Å². The molecule has 21 heavy (non-hydrogen) atoms. The van der Waals surface area contributed by atoms with Crippen LogP contribution in [-0.4, -0.2) is 36.2 Å². The van der Waals surface area contributed by atoms with Gasteiger partial charge in [0, 0.05) is 37.8 Å². The summed E-state index contributed by atoms with van der Waals surface area (Å²) in [6.45, 7) is 10.3. The first-order valence-electron chi connectivity index (χ1n) is 7.22. The van der Waals surface area contributed by atoms with Gasteiger partial charge >= 0.3 is 0 Å². The van der Waals surface area contributed by atoms with E-state index in [1.165, 1.54) is 0 Å². The molecule has 1 fully saturated rings. The summed E-state index contributed by atoms with van der Waals surface area (Å²) in [6.07, 6.45) is 0. The lowest BCUT2D eigenvalue weighted by Gasteiger charge is -2.43. The molecular weight excluding hydrogens is 330 g/mol. The summed E-state index contributed by atoms with van der Waals surface area (Å²) >= 11 is 3.36. The highest BCUT2D eigenvalue weighted by molar-refractivity contribution is 9.10. The van der Waals surface area contributed by atoms with Crippen LogP contribution in [0.1, 0.15) is 37.9 Å². The average Bonchev–Trinajstić information content (AvgIpc) is 2.43. The van der Waals surface area contributed by atoms with E-state index in [0.29, 0.717) is 10.0 Å². The maximum atomic E-state index is 10.5. The largest absolute Gasteiger partial charge is 0.506 e. The summed E-state index contributed by atoms with van der Waals surface area (Å²) in [4.78, 5) is 2.39. The van der Waals surface area contributed by atoms with Crippen LogP contribution in [0, 0.1) is 16.7 Å². The third-order valence-corrected chi connectivity index (χ3v) is 4.46. The average molecular weight is 352 g/mol. The van der Waals surface area contributed by atoms with Gasteiger partial charge in [0.15, 0.2) is 0 Å². The third kappa shape index (κ3) is 3.57. The predicted octanol–water partition coefficient (Wildman–Crippen LogP) is 3.02. The molecule has 1 aromatic carbocycles. The maximum Gasteiger partial charge on any atom is 0.134 e. The minimum absolute atomic E-state index is 0.0393. The Bertz CT molecular complexity index is 554. The van der Waals surface area contributed by atoms with Crippen LogP contribution in [0.4, 0.5) is 0 Å². The molecule has 0 radical (unpaired) electrons. The number of hydrogen-bond acceptors (Lipinski definition) is 4. The van der Waals surface area contributed by atoms with E-state index in [2.05, 4.69) is 53.0 Å². The van der Waals surface area contributed by atoms with E-state index in [1.54, 1.807) is 6.07 Å². The van der Waals surface area contributed by atoms with Crippen LogP contribution in [0.15, 0.2) is 16.6 Å².